The highest BCUT2D eigenvalue weighted by Gasteiger charge is 2.31. The molecule has 2 aliphatic rings. The van der Waals surface area contributed by atoms with Crippen LogP contribution in [0.4, 0.5) is 11.4 Å². The lowest BCUT2D eigenvalue weighted by molar-refractivity contribution is -0.384. The molecule has 1 saturated carbocycles. The van der Waals surface area contributed by atoms with E-state index in [1.807, 2.05) is 11.9 Å². The van der Waals surface area contributed by atoms with Gasteiger partial charge in [-0.25, -0.2) is 0 Å². The number of hydrogen-bond acceptors (Lipinski definition) is 5. The highest BCUT2D eigenvalue weighted by atomic mass is 35.5. The maximum atomic E-state index is 12.7. The molecule has 2 N–H and O–H groups in total. The van der Waals surface area contributed by atoms with Crippen LogP contribution in [0.1, 0.15) is 36.0 Å². The van der Waals surface area contributed by atoms with E-state index in [9.17, 15) is 14.9 Å². The number of halogens is 1. The fourth-order valence-corrected chi connectivity index (χ4v) is 3.10. The molecule has 1 saturated heterocycles. The number of nitro benzene ring substituents is 1. The normalized spacial score (nSPS) is 19.7. The molecular weight excluding hydrogens is 332 g/mol. The first-order valence-electron chi connectivity index (χ1n) is 8.10. The zero-order valence-corrected chi connectivity index (χ0v) is 14.5. The summed E-state index contributed by atoms with van der Waals surface area (Å²) >= 11 is 0. The molecule has 24 heavy (non-hydrogen) atoms. The Kier molecular flexibility index (Phi) is 6.01. The van der Waals surface area contributed by atoms with Crippen LogP contribution >= 0.6 is 12.4 Å². The van der Waals surface area contributed by atoms with Gasteiger partial charge in [-0.05, 0) is 44.9 Å². The van der Waals surface area contributed by atoms with E-state index >= 15 is 0 Å². The van der Waals surface area contributed by atoms with Crippen molar-refractivity contribution in [2.45, 2.75) is 37.8 Å². The van der Waals surface area contributed by atoms with Crippen molar-refractivity contribution in [3.05, 3.63) is 33.9 Å². The Morgan fingerprint density at radius 2 is 2.12 bits per heavy atom. The van der Waals surface area contributed by atoms with E-state index in [-0.39, 0.29) is 30.0 Å². The summed E-state index contributed by atoms with van der Waals surface area (Å²) < 4.78 is 0. The van der Waals surface area contributed by atoms with Crippen LogP contribution in [-0.4, -0.2) is 48.0 Å². The number of anilines is 1. The molecule has 1 amide bonds. The molecule has 8 heteroatoms. The van der Waals surface area contributed by atoms with Crippen molar-refractivity contribution in [3.63, 3.8) is 0 Å². The number of nitrogens with one attached hydrogen (secondary N) is 2. The van der Waals surface area contributed by atoms with Crippen LogP contribution in [-0.2, 0) is 0 Å². The lowest BCUT2D eigenvalue weighted by atomic mass is 10.1. The van der Waals surface area contributed by atoms with Gasteiger partial charge in [0, 0.05) is 36.8 Å². The number of nitrogens with zero attached hydrogens (tertiary/aromatic N) is 2. The molecule has 1 heterocycles. The van der Waals surface area contributed by atoms with Crippen molar-refractivity contribution in [2.24, 2.45) is 0 Å². The summed E-state index contributed by atoms with van der Waals surface area (Å²) in [5.41, 5.74) is 0.871. The second-order valence-electron chi connectivity index (χ2n) is 6.26. The van der Waals surface area contributed by atoms with Gasteiger partial charge in [-0.1, -0.05) is 0 Å². The molecule has 132 valence electrons. The fraction of sp³-hybridized carbons (Fsp3) is 0.562. The Balaban J connectivity index is 0.00000208. The first-order valence-corrected chi connectivity index (χ1v) is 8.10. The average Bonchev–Trinajstić information content (AvgIpc) is 3.23. The molecule has 2 fully saturated rings. The first kappa shape index (κ1) is 18.5. The van der Waals surface area contributed by atoms with Gasteiger partial charge in [-0.3, -0.25) is 14.9 Å². The number of hydrogen-bond donors (Lipinski definition) is 2. The third-order valence-corrected chi connectivity index (χ3v) is 4.46. The molecule has 1 aliphatic carbocycles. The van der Waals surface area contributed by atoms with Gasteiger partial charge in [0.15, 0.2) is 0 Å². The Morgan fingerprint density at radius 1 is 1.38 bits per heavy atom. The van der Waals surface area contributed by atoms with Crippen molar-refractivity contribution in [3.8, 4) is 0 Å². The van der Waals surface area contributed by atoms with Crippen LogP contribution in [0.25, 0.3) is 0 Å². The van der Waals surface area contributed by atoms with Crippen LogP contribution in [0, 0.1) is 10.1 Å². The third-order valence-electron chi connectivity index (χ3n) is 4.46. The summed E-state index contributed by atoms with van der Waals surface area (Å²) in [5, 5.41) is 17.6. The minimum absolute atomic E-state index is 0. The number of benzene rings is 1. The van der Waals surface area contributed by atoms with Gasteiger partial charge in [-0.15, -0.1) is 12.4 Å². The molecule has 1 aromatic carbocycles. The van der Waals surface area contributed by atoms with Gasteiger partial charge in [0.1, 0.15) is 5.69 Å². The molecule has 1 aromatic rings. The van der Waals surface area contributed by atoms with Crippen LogP contribution in [0.2, 0.25) is 0 Å². The van der Waals surface area contributed by atoms with E-state index < -0.39 is 4.92 Å². The minimum atomic E-state index is -0.420. The standard InChI is InChI=1S/C16H22N4O3.ClH/c1-17-10-13-3-2-8-19(13)16(21)11-4-7-14(18-12-5-6-12)15(9-11)20(22)23;/h4,7,9,12-13,17-18H,2-3,5-6,8,10H2,1H3;1H. The maximum absolute atomic E-state index is 12.7. The monoisotopic (exact) mass is 354 g/mol. The van der Waals surface area contributed by atoms with Crippen LogP contribution in [0.3, 0.4) is 0 Å². The molecule has 0 spiro atoms. The fourth-order valence-electron chi connectivity index (χ4n) is 3.10. The zero-order chi connectivity index (χ0) is 16.4. The van der Waals surface area contributed by atoms with Crippen molar-refractivity contribution in [2.75, 3.05) is 25.5 Å². The van der Waals surface area contributed by atoms with Gasteiger partial charge >= 0.3 is 0 Å². The summed E-state index contributed by atoms with van der Waals surface area (Å²) in [6.45, 7) is 1.45. The Hall–Kier alpha value is -1.86. The predicted octanol–water partition coefficient (Wildman–Crippen LogP) is 2.41. The Labute approximate surface area is 147 Å². The largest absolute Gasteiger partial charge is 0.377 e. The van der Waals surface area contributed by atoms with Crippen LogP contribution in [0.15, 0.2) is 18.2 Å². The molecule has 0 radical (unpaired) electrons. The second-order valence-corrected chi connectivity index (χ2v) is 6.26. The lowest BCUT2D eigenvalue weighted by Crippen LogP contribution is -2.40. The quantitative estimate of drug-likeness (QED) is 0.605. The number of carbonyl (C=O) groups excluding carboxylic acids is 1. The van der Waals surface area contributed by atoms with Crippen molar-refractivity contribution >= 4 is 29.7 Å². The summed E-state index contributed by atoms with van der Waals surface area (Å²) in [4.78, 5) is 25.4. The highest BCUT2D eigenvalue weighted by molar-refractivity contribution is 5.96. The molecule has 7 nitrogen and oxygen atoms in total. The Morgan fingerprint density at radius 3 is 2.75 bits per heavy atom. The molecule has 3 rings (SSSR count). The lowest BCUT2D eigenvalue weighted by Gasteiger charge is -2.24. The van der Waals surface area contributed by atoms with E-state index in [1.54, 1.807) is 12.1 Å². The van der Waals surface area contributed by atoms with E-state index in [0.717, 1.165) is 32.2 Å². The third kappa shape index (κ3) is 3.96. The first-order chi connectivity index (χ1) is 11.1. The van der Waals surface area contributed by atoms with E-state index in [0.29, 0.717) is 23.8 Å². The van der Waals surface area contributed by atoms with E-state index in [2.05, 4.69) is 10.6 Å². The van der Waals surface area contributed by atoms with Gasteiger partial charge in [-0.2, -0.15) is 0 Å². The number of nitro groups is 1. The van der Waals surface area contributed by atoms with Crippen molar-refractivity contribution in [1.82, 2.24) is 10.2 Å². The number of carbonyl (C=O) groups is 1. The van der Waals surface area contributed by atoms with Crippen molar-refractivity contribution in [1.29, 1.82) is 0 Å². The van der Waals surface area contributed by atoms with Gasteiger partial charge < -0.3 is 15.5 Å². The summed E-state index contributed by atoms with van der Waals surface area (Å²) in [6, 6.07) is 5.24. The minimum Gasteiger partial charge on any atom is -0.377 e. The molecular formula is C16H23ClN4O3. The maximum Gasteiger partial charge on any atom is 0.293 e. The number of amides is 1. The van der Waals surface area contributed by atoms with Gasteiger partial charge in [0.2, 0.25) is 0 Å². The average molecular weight is 355 g/mol. The topological polar surface area (TPSA) is 87.5 Å². The molecule has 1 unspecified atom stereocenters. The Bertz CT molecular complexity index is 621. The highest BCUT2D eigenvalue weighted by Crippen LogP contribution is 2.32. The summed E-state index contributed by atoms with van der Waals surface area (Å²) in [5.74, 6) is -0.121. The molecule has 1 atom stereocenters. The van der Waals surface area contributed by atoms with Crippen LogP contribution in [0.5, 0.6) is 0 Å². The van der Waals surface area contributed by atoms with Gasteiger partial charge in [0.25, 0.3) is 11.6 Å². The number of likely N-dealkylation sites (tertiary alicyclic amines) is 1. The molecule has 0 bridgehead atoms. The number of rotatable bonds is 6. The summed E-state index contributed by atoms with van der Waals surface area (Å²) in [7, 11) is 1.87. The zero-order valence-electron chi connectivity index (χ0n) is 13.7. The van der Waals surface area contributed by atoms with Crippen LogP contribution < -0.4 is 10.6 Å². The second kappa shape index (κ2) is 7.81. The van der Waals surface area contributed by atoms with Crippen molar-refractivity contribution < 1.29 is 9.72 Å². The summed E-state index contributed by atoms with van der Waals surface area (Å²) in [6.07, 6.45) is 4.02. The SMILES string of the molecule is CNCC1CCCN1C(=O)c1ccc(NC2CC2)c([N+](=O)[O-])c1.Cl. The van der Waals surface area contributed by atoms with E-state index in [1.165, 1.54) is 6.07 Å². The molecule has 1 aliphatic heterocycles. The molecule has 0 aromatic heterocycles. The van der Waals surface area contributed by atoms with E-state index in [4.69, 9.17) is 0 Å². The smallest absolute Gasteiger partial charge is 0.293 e. The number of likely N-dealkylation sites (N-methyl/N-ethyl adjacent to an activating group) is 1. The van der Waals surface area contributed by atoms with Gasteiger partial charge in [0.05, 0.1) is 4.92 Å². The predicted molar refractivity (Wildman–Crippen MR) is 95.0 cm³/mol.